The Morgan fingerprint density at radius 2 is 2.25 bits per heavy atom. The molecular weight excluding hydrogens is 308 g/mol. The fourth-order valence-electron chi connectivity index (χ4n) is 1.28. The fourth-order valence-corrected chi connectivity index (χ4v) is 2.56. The van der Waals surface area contributed by atoms with Gasteiger partial charge in [0.15, 0.2) is 0 Å². The number of amides is 1. The molecule has 0 aliphatic rings. The summed E-state index contributed by atoms with van der Waals surface area (Å²) in [6.07, 6.45) is 0.213. The zero-order valence-electron chi connectivity index (χ0n) is 10.7. The Morgan fingerprint density at radius 3 is 2.80 bits per heavy atom. The fraction of sp³-hybridized carbons (Fsp3) is 0.400. The highest BCUT2D eigenvalue weighted by molar-refractivity contribution is 7.89. The number of hydrogen-bond donors (Lipinski definition) is 3. The van der Waals surface area contributed by atoms with Crippen molar-refractivity contribution in [3.63, 3.8) is 0 Å². The molecule has 0 spiro atoms. The van der Waals surface area contributed by atoms with Crippen LogP contribution in [0.25, 0.3) is 0 Å². The first-order valence-electron chi connectivity index (χ1n) is 5.68. The maximum atomic E-state index is 11.9. The number of carbonyl (C=O) groups excluding carboxylic acids is 1. The molecule has 0 aromatic carbocycles. The third-order valence-corrected chi connectivity index (χ3v) is 3.83. The Balaban J connectivity index is 2.72. The summed E-state index contributed by atoms with van der Waals surface area (Å²) >= 11 is 5.91. The van der Waals surface area contributed by atoms with E-state index in [9.17, 15) is 13.2 Å². The molecule has 0 unspecified atom stereocenters. The lowest BCUT2D eigenvalue weighted by Crippen LogP contribution is -2.29. The van der Waals surface area contributed by atoms with Gasteiger partial charge in [-0.3, -0.25) is 0 Å². The minimum absolute atomic E-state index is 0.0803. The van der Waals surface area contributed by atoms with Gasteiger partial charge in [-0.15, -0.1) is 0 Å². The highest BCUT2D eigenvalue weighted by Gasteiger charge is 2.16. The Morgan fingerprint density at radius 1 is 1.55 bits per heavy atom. The minimum Gasteiger partial charge on any atom is -0.448 e. The maximum absolute atomic E-state index is 11.9. The average molecular weight is 323 g/mol. The summed E-state index contributed by atoms with van der Waals surface area (Å²) in [6.45, 7) is 2.22. The SMILES string of the molecule is CCNc1ncc(S(=O)(=O)NCCOC(N)=O)cc1Cl. The molecule has 0 fully saturated rings. The molecule has 0 saturated carbocycles. The molecule has 4 N–H and O–H groups in total. The van der Waals surface area contributed by atoms with Crippen LogP contribution in [-0.2, 0) is 14.8 Å². The molecule has 112 valence electrons. The number of aromatic nitrogens is 1. The molecule has 1 aromatic rings. The number of sulfonamides is 1. The summed E-state index contributed by atoms with van der Waals surface area (Å²) in [5.74, 6) is 0.408. The number of pyridine rings is 1. The number of nitrogens with zero attached hydrogens (tertiary/aromatic N) is 1. The van der Waals surface area contributed by atoms with E-state index in [1.165, 1.54) is 12.3 Å². The Hall–Kier alpha value is -1.58. The van der Waals surface area contributed by atoms with Crippen LogP contribution in [0.5, 0.6) is 0 Å². The van der Waals surface area contributed by atoms with Crippen LogP contribution in [-0.4, -0.2) is 39.2 Å². The van der Waals surface area contributed by atoms with Crippen LogP contribution in [0.4, 0.5) is 10.6 Å². The number of anilines is 1. The molecule has 0 aliphatic carbocycles. The number of nitrogens with two attached hydrogens (primary N) is 1. The highest BCUT2D eigenvalue weighted by Crippen LogP contribution is 2.22. The molecule has 1 rings (SSSR count). The van der Waals surface area contributed by atoms with Crippen LogP contribution in [0.15, 0.2) is 17.2 Å². The molecule has 20 heavy (non-hydrogen) atoms. The van der Waals surface area contributed by atoms with Gasteiger partial charge in [-0.1, -0.05) is 11.6 Å². The number of primary amides is 1. The molecule has 0 saturated heterocycles. The second kappa shape index (κ2) is 7.27. The topological polar surface area (TPSA) is 123 Å². The normalized spacial score (nSPS) is 11.1. The summed E-state index contributed by atoms with van der Waals surface area (Å²) in [4.78, 5) is 14.2. The van der Waals surface area contributed by atoms with Crippen LogP contribution in [0.2, 0.25) is 5.02 Å². The van der Waals surface area contributed by atoms with Gasteiger partial charge in [-0.25, -0.2) is 22.9 Å². The van der Waals surface area contributed by atoms with Gasteiger partial charge in [0.1, 0.15) is 17.3 Å². The summed E-state index contributed by atoms with van der Waals surface area (Å²) in [6, 6.07) is 1.28. The van der Waals surface area contributed by atoms with Crippen molar-refractivity contribution in [1.29, 1.82) is 0 Å². The monoisotopic (exact) mass is 322 g/mol. The molecule has 0 aliphatic heterocycles. The lowest BCUT2D eigenvalue weighted by molar-refractivity contribution is 0.159. The number of halogens is 1. The van der Waals surface area contributed by atoms with Gasteiger partial charge >= 0.3 is 6.09 Å². The third-order valence-electron chi connectivity index (χ3n) is 2.11. The molecule has 0 bridgehead atoms. The molecule has 0 atom stereocenters. The first kappa shape index (κ1) is 16.5. The number of hydrogen-bond acceptors (Lipinski definition) is 6. The Labute approximate surface area is 121 Å². The van der Waals surface area contributed by atoms with Crippen molar-refractivity contribution in [1.82, 2.24) is 9.71 Å². The number of ether oxygens (including phenoxy) is 1. The lowest BCUT2D eigenvalue weighted by atomic mass is 10.4. The van der Waals surface area contributed by atoms with E-state index in [-0.39, 0.29) is 23.1 Å². The van der Waals surface area contributed by atoms with Gasteiger partial charge in [0.05, 0.1) is 5.02 Å². The van der Waals surface area contributed by atoms with Gasteiger partial charge in [-0.2, -0.15) is 0 Å². The number of rotatable bonds is 7. The highest BCUT2D eigenvalue weighted by atomic mass is 35.5. The summed E-state index contributed by atoms with van der Waals surface area (Å²) in [7, 11) is -3.77. The van der Waals surface area contributed by atoms with Crippen LogP contribution in [0.3, 0.4) is 0 Å². The quantitative estimate of drug-likeness (QED) is 0.629. The molecule has 10 heteroatoms. The van der Waals surface area contributed by atoms with Crippen molar-refractivity contribution >= 4 is 33.5 Å². The second-order valence-corrected chi connectivity index (χ2v) is 5.77. The maximum Gasteiger partial charge on any atom is 0.404 e. The molecule has 8 nitrogen and oxygen atoms in total. The van der Waals surface area contributed by atoms with Gasteiger partial charge in [0.25, 0.3) is 0 Å². The van der Waals surface area contributed by atoms with E-state index >= 15 is 0 Å². The zero-order chi connectivity index (χ0) is 15.2. The second-order valence-electron chi connectivity index (χ2n) is 3.60. The minimum atomic E-state index is -3.77. The number of nitrogens with one attached hydrogen (secondary N) is 2. The predicted molar refractivity (Wildman–Crippen MR) is 74.1 cm³/mol. The number of carbonyl (C=O) groups is 1. The van der Waals surface area contributed by atoms with Gasteiger partial charge in [0.2, 0.25) is 10.0 Å². The summed E-state index contributed by atoms with van der Waals surface area (Å²) in [5, 5.41) is 3.09. The van der Waals surface area contributed by atoms with Crippen molar-refractivity contribution in [2.24, 2.45) is 5.73 Å². The molecule has 0 radical (unpaired) electrons. The van der Waals surface area contributed by atoms with Gasteiger partial charge in [-0.05, 0) is 13.0 Å². The van der Waals surface area contributed by atoms with Crippen molar-refractivity contribution in [3.8, 4) is 0 Å². The first-order valence-corrected chi connectivity index (χ1v) is 7.54. The average Bonchev–Trinajstić information content (AvgIpc) is 2.37. The van der Waals surface area contributed by atoms with Crippen LogP contribution in [0.1, 0.15) is 6.92 Å². The van der Waals surface area contributed by atoms with Crippen LogP contribution >= 0.6 is 11.6 Å². The molecular formula is C10H15ClN4O4S. The van der Waals surface area contributed by atoms with E-state index < -0.39 is 16.1 Å². The van der Waals surface area contributed by atoms with E-state index in [2.05, 4.69) is 19.8 Å². The molecule has 1 amide bonds. The van der Waals surface area contributed by atoms with E-state index in [4.69, 9.17) is 17.3 Å². The van der Waals surface area contributed by atoms with Gasteiger partial charge in [0, 0.05) is 19.3 Å². The van der Waals surface area contributed by atoms with Crippen molar-refractivity contribution in [3.05, 3.63) is 17.3 Å². The summed E-state index contributed by atoms with van der Waals surface area (Å²) in [5.41, 5.74) is 4.75. The molecule has 1 aromatic heterocycles. The standard InChI is InChI=1S/C10H15ClN4O4S/c1-2-13-9-8(11)5-7(6-14-9)20(17,18)15-3-4-19-10(12)16/h5-6,15H,2-4H2,1H3,(H2,12,16)(H,13,14). The molecule has 1 heterocycles. The van der Waals surface area contributed by atoms with Crippen LogP contribution < -0.4 is 15.8 Å². The van der Waals surface area contributed by atoms with Crippen molar-refractivity contribution < 1.29 is 17.9 Å². The van der Waals surface area contributed by atoms with E-state index in [1.807, 2.05) is 6.92 Å². The van der Waals surface area contributed by atoms with Crippen molar-refractivity contribution in [2.75, 3.05) is 25.0 Å². The zero-order valence-corrected chi connectivity index (χ0v) is 12.3. The van der Waals surface area contributed by atoms with Crippen molar-refractivity contribution in [2.45, 2.75) is 11.8 Å². The van der Waals surface area contributed by atoms with E-state index in [0.717, 1.165) is 0 Å². The Bertz CT molecular complexity index is 579. The predicted octanol–water partition coefficient (Wildman–Crippen LogP) is 0.540. The van der Waals surface area contributed by atoms with Gasteiger partial charge < -0.3 is 15.8 Å². The Kier molecular flexibility index (Phi) is 5.99. The third kappa shape index (κ3) is 4.83. The smallest absolute Gasteiger partial charge is 0.404 e. The summed E-state index contributed by atoms with van der Waals surface area (Å²) < 4.78 is 30.4. The van der Waals surface area contributed by atoms with E-state index in [1.54, 1.807) is 0 Å². The van der Waals surface area contributed by atoms with Crippen LogP contribution in [0, 0.1) is 0 Å². The van der Waals surface area contributed by atoms with E-state index in [0.29, 0.717) is 12.4 Å². The first-order chi connectivity index (χ1) is 9.36. The lowest BCUT2D eigenvalue weighted by Gasteiger charge is -2.09. The largest absolute Gasteiger partial charge is 0.448 e.